The Bertz CT molecular complexity index is 553. The summed E-state index contributed by atoms with van der Waals surface area (Å²) in [6.45, 7) is 5.01. The molecule has 2 N–H and O–H groups in total. The highest BCUT2D eigenvalue weighted by atomic mass is 16.6. The molecule has 1 atom stereocenters. The molecule has 7 heteroatoms. The number of nitrogens with zero attached hydrogens (tertiary/aromatic N) is 1. The number of carbonyl (C=O) groups is 2. The Morgan fingerprint density at radius 1 is 1.33 bits per heavy atom. The van der Waals surface area contributed by atoms with Crippen molar-refractivity contribution in [2.24, 2.45) is 11.3 Å². The van der Waals surface area contributed by atoms with Gasteiger partial charge in [-0.3, -0.25) is 19.7 Å². The summed E-state index contributed by atoms with van der Waals surface area (Å²) in [4.78, 5) is 33.3. The Balaban J connectivity index is 2.77. The molecular formula is C14H18N2O5. The number of benzene rings is 1. The largest absolute Gasteiger partial charge is 0.481 e. The number of rotatable bonds is 6. The Labute approximate surface area is 122 Å². The zero-order valence-corrected chi connectivity index (χ0v) is 12.1. The molecule has 1 amide bonds. The van der Waals surface area contributed by atoms with E-state index in [0.717, 1.165) is 0 Å². The maximum Gasteiger partial charge on any atom is 0.310 e. The minimum atomic E-state index is -1.16. The number of non-ortho nitro benzene ring substituents is 1. The maximum absolute atomic E-state index is 11.9. The summed E-state index contributed by atoms with van der Waals surface area (Å²) in [5, 5.41) is 22.3. The second-order valence-corrected chi connectivity index (χ2v) is 5.41. The van der Waals surface area contributed by atoms with Gasteiger partial charge in [-0.1, -0.05) is 13.8 Å². The lowest BCUT2D eigenvalue weighted by molar-refractivity contribution is -0.384. The fourth-order valence-electron chi connectivity index (χ4n) is 1.73. The minimum absolute atomic E-state index is 0.0782. The van der Waals surface area contributed by atoms with E-state index in [-0.39, 0.29) is 18.0 Å². The lowest BCUT2D eigenvalue weighted by atomic mass is 9.76. The standard InChI is InChI=1S/C14H18N2O5/c1-9(2)14(3,13(18)19)8-12(17)15-10-4-6-11(7-5-10)16(20)21/h4-7,9H,8H2,1-3H3,(H,15,17)(H,18,19). The number of nitro benzene ring substituents is 1. The molecule has 0 saturated carbocycles. The van der Waals surface area contributed by atoms with Crippen molar-refractivity contribution in [1.82, 2.24) is 0 Å². The van der Waals surface area contributed by atoms with Gasteiger partial charge in [0.2, 0.25) is 5.91 Å². The van der Waals surface area contributed by atoms with E-state index in [0.29, 0.717) is 5.69 Å². The molecule has 0 bridgehead atoms. The summed E-state index contributed by atoms with van der Waals surface area (Å²) in [6, 6.07) is 5.36. The van der Waals surface area contributed by atoms with E-state index in [4.69, 9.17) is 0 Å². The Kier molecular flexibility index (Phi) is 5.02. The fourth-order valence-corrected chi connectivity index (χ4v) is 1.73. The van der Waals surface area contributed by atoms with Gasteiger partial charge in [0.25, 0.3) is 5.69 Å². The SMILES string of the molecule is CC(C)C(C)(CC(=O)Nc1ccc([N+](=O)[O-])cc1)C(=O)O. The van der Waals surface area contributed by atoms with E-state index >= 15 is 0 Å². The molecule has 1 aromatic carbocycles. The van der Waals surface area contributed by atoms with Gasteiger partial charge in [0.1, 0.15) is 0 Å². The van der Waals surface area contributed by atoms with Crippen LogP contribution in [0.3, 0.4) is 0 Å². The summed E-state index contributed by atoms with van der Waals surface area (Å²) >= 11 is 0. The number of carboxylic acids is 1. The molecule has 114 valence electrons. The van der Waals surface area contributed by atoms with E-state index < -0.39 is 22.2 Å². The number of hydrogen-bond acceptors (Lipinski definition) is 4. The average molecular weight is 294 g/mol. The number of nitrogens with one attached hydrogen (secondary N) is 1. The van der Waals surface area contributed by atoms with Gasteiger partial charge in [0.05, 0.1) is 10.3 Å². The van der Waals surface area contributed by atoms with Crippen molar-refractivity contribution >= 4 is 23.3 Å². The fraction of sp³-hybridized carbons (Fsp3) is 0.429. The van der Waals surface area contributed by atoms with E-state index in [2.05, 4.69) is 5.32 Å². The van der Waals surface area contributed by atoms with Crippen molar-refractivity contribution in [3.05, 3.63) is 34.4 Å². The van der Waals surface area contributed by atoms with Gasteiger partial charge in [-0.2, -0.15) is 0 Å². The first kappa shape index (κ1) is 16.6. The van der Waals surface area contributed by atoms with Crippen LogP contribution in [0.4, 0.5) is 11.4 Å². The minimum Gasteiger partial charge on any atom is -0.481 e. The molecular weight excluding hydrogens is 276 g/mol. The van der Waals surface area contributed by atoms with E-state index in [1.54, 1.807) is 13.8 Å². The number of aliphatic carboxylic acids is 1. The normalized spacial score (nSPS) is 13.5. The summed E-state index contributed by atoms with van der Waals surface area (Å²) in [5.74, 6) is -1.68. The predicted octanol–water partition coefficient (Wildman–Crippen LogP) is 2.67. The molecule has 0 saturated heterocycles. The van der Waals surface area contributed by atoms with Crippen molar-refractivity contribution in [3.63, 3.8) is 0 Å². The zero-order valence-electron chi connectivity index (χ0n) is 12.1. The first-order valence-corrected chi connectivity index (χ1v) is 6.44. The molecule has 0 aliphatic rings. The summed E-state index contributed by atoms with van der Waals surface area (Å²) in [7, 11) is 0. The molecule has 21 heavy (non-hydrogen) atoms. The quantitative estimate of drug-likeness (QED) is 0.619. The number of hydrogen-bond donors (Lipinski definition) is 2. The molecule has 0 aliphatic carbocycles. The third kappa shape index (κ3) is 4.01. The van der Waals surface area contributed by atoms with Crippen LogP contribution < -0.4 is 5.32 Å². The summed E-state index contributed by atoms with van der Waals surface area (Å²) < 4.78 is 0. The number of amides is 1. The lowest BCUT2D eigenvalue weighted by Gasteiger charge is -2.28. The van der Waals surface area contributed by atoms with Gasteiger partial charge in [0, 0.05) is 24.2 Å². The number of carbonyl (C=O) groups excluding carboxylic acids is 1. The van der Waals surface area contributed by atoms with Crippen LogP contribution >= 0.6 is 0 Å². The highest BCUT2D eigenvalue weighted by Gasteiger charge is 2.38. The molecule has 1 aromatic rings. The van der Waals surface area contributed by atoms with Crippen LogP contribution in [0.2, 0.25) is 0 Å². The highest BCUT2D eigenvalue weighted by molar-refractivity contribution is 5.94. The molecule has 0 heterocycles. The molecule has 0 spiro atoms. The van der Waals surface area contributed by atoms with Crippen LogP contribution in [0.25, 0.3) is 0 Å². The van der Waals surface area contributed by atoms with Crippen molar-refractivity contribution in [1.29, 1.82) is 0 Å². The van der Waals surface area contributed by atoms with Crippen LogP contribution in [0.15, 0.2) is 24.3 Å². The smallest absolute Gasteiger partial charge is 0.310 e. The third-order valence-electron chi connectivity index (χ3n) is 3.65. The first-order chi connectivity index (χ1) is 9.66. The predicted molar refractivity (Wildman–Crippen MR) is 76.9 cm³/mol. The van der Waals surface area contributed by atoms with Crippen molar-refractivity contribution in [2.45, 2.75) is 27.2 Å². The number of carboxylic acid groups (broad SMARTS) is 1. The second-order valence-electron chi connectivity index (χ2n) is 5.41. The monoisotopic (exact) mass is 294 g/mol. The topological polar surface area (TPSA) is 110 Å². The molecule has 0 aliphatic heterocycles. The van der Waals surface area contributed by atoms with Crippen molar-refractivity contribution in [3.8, 4) is 0 Å². The highest BCUT2D eigenvalue weighted by Crippen LogP contribution is 2.31. The van der Waals surface area contributed by atoms with Gasteiger partial charge >= 0.3 is 5.97 Å². The Morgan fingerprint density at radius 2 is 1.86 bits per heavy atom. The van der Waals surface area contributed by atoms with E-state index in [9.17, 15) is 24.8 Å². The lowest BCUT2D eigenvalue weighted by Crippen LogP contribution is -2.37. The van der Waals surface area contributed by atoms with E-state index in [1.807, 2.05) is 0 Å². The Hall–Kier alpha value is -2.44. The molecule has 0 radical (unpaired) electrons. The zero-order chi connectivity index (χ0) is 16.2. The van der Waals surface area contributed by atoms with Crippen LogP contribution in [-0.2, 0) is 9.59 Å². The van der Waals surface area contributed by atoms with E-state index in [1.165, 1.54) is 31.2 Å². The van der Waals surface area contributed by atoms with Crippen molar-refractivity contribution in [2.75, 3.05) is 5.32 Å². The third-order valence-corrected chi connectivity index (χ3v) is 3.65. The molecule has 0 fully saturated rings. The van der Waals surface area contributed by atoms with Gasteiger partial charge < -0.3 is 10.4 Å². The van der Waals surface area contributed by atoms with Crippen molar-refractivity contribution < 1.29 is 19.6 Å². The molecule has 7 nitrogen and oxygen atoms in total. The van der Waals surface area contributed by atoms with Gasteiger partial charge in [-0.05, 0) is 25.0 Å². The molecule has 1 rings (SSSR count). The van der Waals surface area contributed by atoms with Gasteiger partial charge in [-0.15, -0.1) is 0 Å². The van der Waals surface area contributed by atoms with Gasteiger partial charge in [0.15, 0.2) is 0 Å². The molecule has 1 unspecified atom stereocenters. The molecule has 0 aromatic heterocycles. The maximum atomic E-state index is 11.9. The van der Waals surface area contributed by atoms with Crippen LogP contribution in [0, 0.1) is 21.4 Å². The summed E-state index contributed by atoms with van der Waals surface area (Å²) in [5.41, 5.74) is -0.849. The average Bonchev–Trinajstić information content (AvgIpc) is 2.38. The Morgan fingerprint density at radius 3 is 2.24 bits per heavy atom. The number of anilines is 1. The van der Waals surface area contributed by atoms with Crippen LogP contribution in [0.1, 0.15) is 27.2 Å². The van der Waals surface area contributed by atoms with Gasteiger partial charge in [-0.25, -0.2) is 0 Å². The van der Waals surface area contributed by atoms with Crippen LogP contribution in [-0.4, -0.2) is 21.9 Å². The number of nitro groups is 1. The first-order valence-electron chi connectivity index (χ1n) is 6.44. The summed E-state index contributed by atoms with van der Waals surface area (Å²) in [6.07, 6.45) is -0.170. The second kappa shape index (κ2) is 6.34. The van der Waals surface area contributed by atoms with Crippen LogP contribution in [0.5, 0.6) is 0 Å².